The Hall–Kier alpha value is -2.78. The predicted octanol–water partition coefficient (Wildman–Crippen LogP) is 13.9. The Morgan fingerprint density at radius 3 is 1.16 bits per heavy atom. The Morgan fingerprint density at radius 1 is 0.488 bits per heavy atom. The molecule has 3 rings (SSSR count). The fraction of sp³-hybridized carbons (Fsp3) is 0.535. The van der Waals surface area contributed by atoms with Gasteiger partial charge in [0.05, 0.1) is 0 Å². The van der Waals surface area contributed by atoms with Crippen molar-refractivity contribution >= 4 is 0 Å². The normalized spacial score (nSPS) is 9.26. The SMILES string of the molecule is CC.CC.CC.CCC#Cc1ccc(C(C)C)cc1.CCc1ccc(C(C)C)cc1.CCc1ccc(CCC(C)C)cc1. The molecule has 3 aromatic rings. The van der Waals surface area contributed by atoms with Crippen molar-refractivity contribution < 1.29 is 0 Å². The fourth-order valence-electron chi connectivity index (χ4n) is 3.68. The van der Waals surface area contributed by atoms with Crippen molar-refractivity contribution in [2.75, 3.05) is 0 Å². The van der Waals surface area contributed by atoms with E-state index in [1.807, 2.05) is 41.5 Å². The Morgan fingerprint density at radius 2 is 0.837 bits per heavy atom. The first-order valence-electron chi connectivity index (χ1n) is 17.4. The summed E-state index contributed by atoms with van der Waals surface area (Å²) < 4.78 is 0. The molecular formula is C43H70. The average molecular weight is 587 g/mol. The molecule has 0 aliphatic heterocycles. The van der Waals surface area contributed by atoms with E-state index in [0.29, 0.717) is 11.8 Å². The molecule has 0 amide bonds. The van der Waals surface area contributed by atoms with Gasteiger partial charge >= 0.3 is 0 Å². The van der Waals surface area contributed by atoms with Gasteiger partial charge in [0, 0.05) is 12.0 Å². The van der Waals surface area contributed by atoms with E-state index in [2.05, 4.69) is 147 Å². The second kappa shape index (κ2) is 30.7. The van der Waals surface area contributed by atoms with E-state index in [4.69, 9.17) is 0 Å². The molecule has 0 atom stereocenters. The molecule has 242 valence electrons. The third-order valence-corrected chi connectivity index (χ3v) is 6.48. The summed E-state index contributed by atoms with van der Waals surface area (Å²) in [6.45, 7) is 31.9. The zero-order valence-corrected chi connectivity index (χ0v) is 31.2. The first kappa shape index (κ1) is 44.7. The van der Waals surface area contributed by atoms with Crippen LogP contribution in [0, 0.1) is 17.8 Å². The highest BCUT2D eigenvalue weighted by Gasteiger charge is 1.98. The number of rotatable bonds is 7. The van der Waals surface area contributed by atoms with Gasteiger partial charge in [0.2, 0.25) is 0 Å². The maximum atomic E-state index is 3.11. The maximum Gasteiger partial charge on any atom is 0.0245 e. The summed E-state index contributed by atoms with van der Waals surface area (Å²) in [4.78, 5) is 0. The molecule has 0 saturated heterocycles. The molecule has 0 nitrogen and oxygen atoms in total. The molecule has 0 heteroatoms. The van der Waals surface area contributed by atoms with Crippen LogP contribution in [0.3, 0.4) is 0 Å². The topological polar surface area (TPSA) is 0 Å². The first-order chi connectivity index (χ1) is 20.7. The average Bonchev–Trinajstić information content (AvgIpc) is 3.06. The molecule has 0 saturated carbocycles. The van der Waals surface area contributed by atoms with Gasteiger partial charge in [0.25, 0.3) is 0 Å². The van der Waals surface area contributed by atoms with Crippen molar-refractivity contribution in [3.63, 3.8) is 0 Å². The lowest BCUT2D eigenvalue weighted by Gasteiger charge is -2.05. The third-order valence-electron chi connectivity index (χ3n) is 6.48. The highest BCUT2D eigenvalue weighted by molar-refractivity contribution is 5.36. The van der Waals surface area contributed by atoms with Crippen LogP contribution in [0.25, 0.3) is 0 Å². The third kappa shape index (κ3) is 23.4. The van der Waals surface area contributed by atoms with Crippen LogP contribution in [-0.4, -0.2) is 0 Å². The van der Waals surface area contributed by atoms with Crippen molar-refractivity contribution in [3.05, 3.63) is 106 Å². The van der Waals surface area contributed by atoms with Crippen LogP contribution in [0.4, 0.5) is 0 Å². The van der Waals surface area contributed by atoms with Crippen molar-refractivity contribution in [2.24, 2.45) is 5.92 Å². The van der Waals surface area contributed by atoms with Crippen LogP contribution >= 0.6 is 0 Å². The molecule has 0 aliphatic carbocycles. The lowest BCUT2D eigenvalue weighted by molar-refractivity contribution is 0.586. The zero-order valence-electron chi connectivity index (χ0n) is 31.2. The molecule has 43 heavy (non-hydrogen) atoms. The first-order valence-corrected chi connectivity index (χ1v) is 17.4. The molecule has 0 heterocycles. The molecule has 0 spiro atoms. The highest BCUT2D eigenvalue weighted by atomic mass is 14.0. The van der Waals surface area contributed by atoms with E-state index >= 15 is 0 Å². The lowest BCUT2D eigenvalue weighted by Crippen LogP contribution is -1.92. The molecular weight excluding hydrogens is 516 g/mol. The number of aryl methyl sites for hydroxylation is 3. The standard InChI is InChI=1S/C13H20.C13H16.C11H16.3C2H6/c1-4-12-7-9-13(10-8-12)6-5-11(2)3;1-4-5-6-12-7-9-13(10-8-12)11(2)3;1-4-10-5-7-11(8-6-10)9(2)3;3*1-2/h7-11H,4-6H2,1-3H3;7-11H,4H2,1-3H3;5-9H,4H2,1-3H3;3*1-2H3. The predicted molar refractivity (Wildman–Crippen MR) is 201 cm³/mol. The van der Waals surface area contributed by atoms with Crippen LogP contribution in [0.2, 0.25) is 0 Å². The lowest BCUT2D eigenvalue weighted by atomic mass is 10.0. The van der Waals surface area contributed by atoms with Crippen molar-refractivity contribution in [2.45, 2.75) is 148 Å². The Balaban J connectivity index is -0.000000513. The largest absolute Gasteiger partial charge is 0.0982 e. The molecule has 0 aromatic heterocycles. The summed E-state index contributed by atoms with van der Waals surface area (Å²) in [5, 5.41) is 0. The minimum Gasteiger partial charge on any atom is -0.0982 e. The Labute approximate surface area is 271 Å². The van der Waals surface area contributed by atoms with Gasteiger partial charge in [-0.3, -0.25) is 0 Å². The minimum atomic E-state index is 0.605. The van der Waals surface area contributed by atoms with Gasteiger partial charge in [-0.05, 0) is 83.4 Å². The quantitative estimate of drug-likeness (QED) is 0.242. The van der Waals surface area contributed by atoms with Crippen molar-refractivity contribution in [3.8, 4) is 11.8 Å². The van der Waals surface area contributed by atoms with Gasteiger partial charge in [-0.2, -0.15) is 0 Å². The van der Waals surface area contributed by atoms with Crippen LogP contribution in [0.15, 0.2) is 72.8 Å². The number of hydrogen-bond donors (Lipinski definition) is 0. The molecule has 0 fully saturated rings. The Kier molecular flexibility index (Phi) is 31.9. The van der Waals surface area contributed by atoms with E-state index < -0.39 is 0 Å². The molecule has 0 aliphatic rings. The van der Waals surface area contributed by atoms with Gasteiger partial charge in [0.15, 0.2) is 0 Å². The van der Waals surface area contributed by atoms with Gasteiger partial charge in [-0.1, -0.05) is 176 Å². The maximum absolute atomic E-state index is 3.11. The van der Waals surface area contributed by atoms with Crippen LogP contribution in [-0.2, 0) is 19.3 Å². The summed E-state index contributed by atoms with van der Waals surface area (Å²) in [5.74, 6) is 8.24. The van der Waals surface area contributed by atoms with Crippen molar-refractivity contribution in [1.29, 1.82) is 0 Å². The van der Waals surface area contributed by atoms with Crippen LogP contribution in [0.1, 0.15) is 162 Å². The fourth-order valence-corrected chi connectivity index (χ4v) is 3.68. The number of hydrogen-bond acceptors (Lipinski definition) is 0. The highest BCUT2D eigenvalue weighted by Crippen LogP contribution is 2.15. The molecule has 0 radical (unpaired) electrons. The summed E-state index contributed by atoms with van der Waals surface area (Å²) in [5.41, 5.74) is 8.27. The van der Waals surface area contributed by atoms with Gasteiger partial charge in [-0.25, -0.2) is 0 Å². The number of benzene rings is 3. The van der Waals surface area contributed by atoms with E-state index in [-0.39, 0.29) is 0 Å². The van der Waals surface area contributed by atoms with Crippen molar-refractivity contribution in [1.82, 2.24) is 0 Å². The second-order valence-electron chi connectivity index (χ2n) is 10.8. The van der Waals surface area contributed by atoms with E-state index in [0.717, 1.165) is 30.7 Å². The monoisotopic (exact) mass is 587 g/mol. The smallest absolute Gasteiger partial charge is 0.0245 e. The van der Waals surface area contributed by atoms with E-state index in [9.17, 15) is 0 Å². The summed E-state index contributed by atoms with van der Waals surface area (Å²) >= 11 is 0. The second-order valence-corrected chi connectivity index (χ2v) is 10.8. The zero-order chi connectivity index (χ0) is 33.6. The van der Waals surface area contributed by atoms with Crippen LogP contribution < -0.4 is 0 Å². The molecule has 0 bridgehead atoms. The molecule has 3 aromatic carbocycles. The minimum absolute atomic E-state index is 0.605. The van der Waals surface area contributed by atoms with E-state index in [1.54, 1.807) is 0 Å². The van der Waals surface area contributed by atoms with Gasteiger partial charge in [-0.15, -0.1) is 0 Å². The van der Waals surface area contributed by atoms with E-state index in [1.165, 1.54) is 40.7 Å². The van der Waals surface area contributed by atoms with Gasteiger partial charge in [0.1, 0.15) is 0 Å². The van der Waals surface area contributed by atoms with Crippen LogP contribution in [0.5, 0.6) is 0 Å². The Bertz CT molecular complexity index is 1020. The molecule has 0 unspecified atom stereocenters. The molecule has 0 N–H and O–H groups in total. The van der Waals surface area contributed by atoms with Gasteiger partial charge < -0.3 is 0 Å². The summed E-state index contributed by atoms with van der Waals surface area (Å²) in [6.07, 6.45) is 5.72. The summed E-state index contributed by atoms with van der Waals surface area (Å²) in [7, 11) is 0. The summed E-state index contributed by atoms with van der Waals surface area (Å²) in [6, 6.07) is 26.4.